The van der Waals surface area contributed by atoms with Gasteiger partial charge in [0.25, 0.3) is 0 Å². The molecule has 6 rings (SSSR count). The molecule has 41 heavy (non-hydrogen) atoms. The number of nitrogen functional groups attached to an aromatic ring is 1. The minimum atomic E-state index is -4.50. The second-order valence-electron chi connectivity index (χ2n) is 10.7. The summed E-state index contributed by atoms with van der Waals surface area (Å²) in [4.78, 5) is 20.0. The molecule has 2 fully saturated rings. The Labute approximate surface area is 234 Å². The minimum Gasteiger partial charge on any atom is -0.382 e. The van der Waals surface area contributed by atoms with E-state index in [4.69, 9.17) is 15.5 Å². The Morgan fingerprint density at radius 1 is 1.05 bits per heavy atom. The molecule has 3 heterocycles. The monoisotopic (exact) mass is 565 g/mol. The number of rotatable bonds is 6. The lowest BCUT2D eigenvalue weighted by Crippen LogP contribution is -2.41. The maximum absolute atomic E-state index is 13.0. The van der Waals surface area contributed by atoms with Gasteiger partial charge in [-0.25, -0.2) is 14.5 Å². The molecule has 0 spiro atoms. The van der Waals surface area contributed by atoms with Crippen LogP contribution in [0.5, 0.6) is 0 Å². The molecular weight excluding hydrogens is 535 g/mol. The zero-order chi connectivity index (χ0) is 28.8. The van der Waals surface area contributed by atoms with E-state index in [0.717, 1.165) is 80.0 Å². The fourth-order valence-electron chi connectivity index (χ4n) is 5.41. The number of aromatic nitrogens is 3. The Bertz CT molecular complexity index is 1590. The molecule has 2 aromatic heterocycles. The number of nitrogens with two attached hydrogens (primary N) is 1. The molecule has 9 nitrogen and oxygen atoms in total. The maximum Gasteiger partial charge on any atom is 0.416 e. The van der Waals surface area contributed by atoms with Crippen LogP contribution in [0.2, 0.25) is 0 Å². The van der Waals surface area contributed by atoms with Crippen LogP contribution >= 0.6 is 0 Å². The number of carbonyl (C=O) groups is 1. The van der Waals surface area contributed by atoms with Gasteiger partial charge in [0.05, 0.1) is 29.9 Å². The number of amides is 2. The van der Waals surface area contributed by atoms with Crippen LogP contribution in [0.3, 0.4) is 0 Å². The summed E-state index contributed by atoms with van der Waals surface area (Å²) in [6.07, 6.45) is -2.39. The number of morpholine rings is 1. The van der Waals surface area contributed by atoms with E-state index in [-0.39, 0.29) is 11.1 Å². The van der Waals surface area contributed by atoms with Crippen LogP contribution in [0.15, 0.2) is 54.6 Å². The smallest absolute Gasteiger partial charge is 0.382 e. The lowest BCUT2D eigenvalue weighted by molar-refractivity contribution is -0.137. The number of aryl methyl sites for hydroxylation is 1. The number of pyridine rings is 1. The van der Waals surface area contributed by atoms with Crippen molar-refractivity contribution in [2.75, 3.05) is 49.2 Å². The Morgan fingerprint density at radius 2 is 1.76 bits per heavy atom. The summed E-state index contributed by atoms with van der Waals surface area (Å²) in [5, 5.41) is 10.3. The number of hydrogen-bond acceptors (Lipinski definition) is 6. The third-order valence-corrected chi connectivity index (χ3v) is 7.75. The SMILES string of the molecule is Cn1nc(N)c2c(-c3ccc(NC(=O)Nc4cccc(C(F)(F)F)c4)cc3)cc(C3(CN4CCOCC4)CC3)nc21. The first-order chi connectivity index (χ1) is 19.6. The summed E-state index contributed by atoms with van der Waals surface area (Å²) in [7, 11) is 1.83. The number of alkyl halides is 3. The van der Waals surface area contributed by atoms with Crippen LogP contribution in [0.25, 0.3) is 22.2 Å². The summed E-state index contributed by atoms with van der Waals surface area (Å²) in [5.41, 5.74) is 9.48. The summed E-state index contributed by atoms with van der Waals surface area (Å²) in [5.74, 6) is 0.386. The van der Waals surface area contributed by atoms with E-state index in [1.54, 1.807) is 16.8 Å². The van der Waals surface area contributed by atoms with Crippen molar-refractivity contribution >= 4 is 34.3 Å². The van der Waals surface area contributed by atoms with Crippen molar-refractivity contribution in [2.24, 2.45) is 7.05 Å². The van der Waals surface area contributed by atoms with Gasteiger partial charge in [0, 0.05) is 43.5 Å². The number of fused-ring (bicyclic) bond motifs is 1. The highest BCUT2D eigenvalue weighted by Crippen LogP contribution is 2.50. The number of anilines is 3. The third kappa shape index (κ3) is 5.57. The molecule has 0 bridgehead atoms. The van der Waals surface area contributed by atoms with Crippen molar-refractivity contribution in [1.82, 2.24) is 19.7 Å². The maximum atomic E-state index is 13.0. The van der Waals surface area contributed by atoms with E-state index in [2.05, 4.69) is 26.7 Å². The predicted octanol–water partition coefficient (Wildman–Crippen LogP) is 5.24. The molecule has 0 radical (unpaired) electrons. The van der Waals surface area contributed by atoms with Gasteiger partial charge in [-0.2, -0.15) is 18.3 Å². The fourth-order valence-corrected chi connectivity index (χ4v) is 5.41. The van der Waals surface area contributed by atoms with Crippen molar-refractivity contribution in [3.05, 3.63) is 65.9 Å². The summed E-state index contributed by atoms with van der Waals surface area (Å²) >= 11 is 0. The lowest BCUT2D eigenvalue weighted by atomic mass is 9.95. The molecule has 1 saturated carbocycles. The minimum absolute atomic E-state index is 0.0255. The zero-order valence-electron chi connectivity index (χ0n) is 22.5. The number of nitrogens with zero attached hydrogens (tertiary/aromatic N) is 4. The third-order valence-electron chi connectivity index (χ3n) is 7.75. The first kappa shape index (κ1) is 27.0. The van der Waals surface area contributed by atoms with Gasteiger partial charge in [-0.3, -0.25) is 4.90 Å². The van der Waals surface area contributed by atoms with E-state index in [1.165, 1.54) is 12.1 Å². The van der Waals surface area contributed by atoms with Gasteiger partial charge < -0.3 is 21.1 Å². The van der Waals surface area contributed by atoms with Gasteiger partial charge in [0.2, 0.25) is 0 Å². The standard InChI is InChI=1S/C29H30F3N7O2/c1-38-26-24(25(33)37-38)22(16-23(36-26)28(9-10-28)17-39-11-13-41-14-12-39)18-5-7-20(8-6-18)34-27(40)35-21-4-2-3-19(15-21)29(30,31)32/h2-8,15-16H,9-14,17H2,1H3,(H2,33,37)(H2,34,35,40). The average Bonchev–Trinajstić information content (AvgIpc) is 3.67. The summed E-state index contributed by atoms with van der Waals surface area (Å²) < 4.78 is 46.2. The number of ether oxygens (including phenoxy) is 1. The molecule has 1 aliphatic heterocycles. The van der Waals surface area contributed by atoms with Crippen LogP contribution in [-0.2, 0) is 23.4 Å². The molecule has 2 aromatic carbocycles. The number of urea groups is 1. The molecule has 0 unspecified atom stereocenters. The number of hydrogen-bond donors (Lipinski definition) is 3. The van der Waals surface area contributed by atoms with Gasteiger partial charge in [-0.15, -0.1) is 0 Å². The van der Waals surface area contributed by atoms with Gasteiger partial charge in [-0.05, 0) is 60.4 Å². The number of benzene rings is 2. The van der Waals surface area contributed by atoms with Crippen LogP contribution in [0.1, 0.15) is 24.1 Å². The highest BCUT2D eigenvalue weighted by atomic mass is 19.4. The molecule has 1 saturated heterocycles. The molecule has 4 N–H and O–H groups in total. The Hall–Kier alpha value is -4.16. The van der Waals surface area contributed by atoms with Crippen LogP contribution in [-0.4, -0.2) is 58.5 Å². The zero-order valence-corrected chi connectivity index (χ0v) is 22.5. The van der Waals surface area contributed by atoms with Crippen molar-refractivity contribution < 1.29 is 22.7 Å². The van der Waals surface area contributed by atoms with E-state index in [1.807, 2.05) is 19.2 Å². The summed E-state index contributed by atoms with van der Waals surface area (Å²) in [6.45, 7) is 4.22. The van der Waals surface area contributed by atoms with Crippen LogP contribution in [0, 0.1) is 0 Å². The van der Waals surface area contributed by atoms with E-state index in [0.29, 0.717) is 17.2 Å². The highest BCUT2D eigenvalue weighted by molar-refractivity contribution is 6.02. The molecule has 0 atom stereocenters. The Kier molecular flexibility index (Phi) is 6.82. The van der Waals surface area contributed by atoms with Gasteiger partial charge >= 0.3 is 12.2 Å². The van der Waals surface area contributed by atoms with Crippen molar-refractivity contribution in [1.29, 1.82) is 0 Å². The molecular formula is C29H30F3N7O2. The molecule has 214 valence electrons. The van der Waals surface area contributed by atoms with Gasteiger partial charge in [-0.1, -0.05) is 18.2 Å². The second kappa shape index (κ2) is 10.3. The quantitative estimate of drug-likeness (QED) is 0.295. The Morgan fingerprint density at radius 3 is 2.44 bits per heavy atom. The van der Waals surface area contributed by atoms with Gasteiger partial charge in [0.15, 0.2) is 11.5 Å². The number of nitrogens with one attached hydrogen (secondary N) is 2. The predicted molar refractivity (Wildman–Crippen MR) is 151 cm³/mol. The van der Waals surface area contributed by atoms with Gasteiger partial charge in [0.1, 0.15) is 0 Å². The second-order valence-corrected chi connectivity index (χ2v) is 10.7. The highest BCUT2D eigenvalue weighted by Gasteiger charge is 2.47. The van der Waals surface area contributed by atoms with Crippen LogP contribution in [0.4, 0.5) is 35.2 Å². The molecule has 4 aromatic rings. The molecule has 2 aliphatic rings. The number of carbonyl (C=O) groups excluding carboxylic acids is 1. The van der Waals surface area contributed by atoms with E-state index < -0.39 is 17.8 Å². The average molecular weight is 566 g/mol. The van der Waals surface area contributed by atoms with Crippen LogP contribution < -0.4 is 16.4 Å². The first-order valence-corrected chi connectivity index (χ1v) is 13.4. The summed E-state index contributed by atoms with van der Waals surface area (Å²) in [6, 6.07) is 13.1. The van der Waals surface area contributed by atoms with E-state index in [9.17, 15) is 18.0 Å². The lowest BCUT2D eigenvalue weighted by Gasteiger charge is -2.30. The normalized spacial score (nSPS) is 17.0. The Balaban J connectivity index is 1.24. The van der Waals surface area contributed by atoms with Crippen molar-refractivity contribution in [3.63, 3.8) is 0 Å². The fraction of sp³-hybridized carbons (Fsp3) is 0.345. The molecule has 2 amide bonds. The molecule has 1 aliphatic carbocycles. The number of halogens is 3. The first-order valence-electron chi connectivity index (χ1n) is 13.4. The van der Waals surface area contributed by atoms with Crippen molar-refractivity contribution in [2.45, 2.75) is 24.4 Å². The topological polar surface area (TPSA) is 110 Å². The molecule has 12 heteroatoms. The van der Waals surface area contributed by atoms with Crippen molar-refractivity contribution in [3.8, 4) is 11.1 Å². The van der Waals surface area contributed by atoms with E-state index >= 15 is 0 Å². The largest absolute Gasteiger partial charge is 0.416 e.